The first-order valence-corrected chi connectivity index (χ1v) is 5.03. The van der Waals surface area contributed by atoms with Crippen LogP contribution in [-0.4, -0.2) is 30.4 Å². The Hall–Kier alpha value is -1.31. The maximum Gasteiger partial charge on any atom is 0.131 e. The molecular formula is C12H16N2. The molecule has 1 aromatic carbocycles. The summed E-state index contributed by atoms with van der Waals surface area (Å²) in [4.78, 5) is 6.83. The van der Waals surface area contributed by atoms with Gasteiger partial charge in [-0.15, -0.1) is 0 Å². The van der Waals surface area contributed by atoms with E-state index in [4.69, 9.17) is 0 Å². The molecule has 0 spiro atoms. The minimum absolute atomic E-state index is 0.427. The van der Waals surface area contributed by atoms with E-state index in [0.29, 0.717) is 6.04 Å². The first-order chi connectivity index (χ1) is 6.66. The molecule has 1 atom stereocenters. The van der Waals surface area contributed by atoms with Gasteiger partial charge in [-0.2, -0.15) is 0 Å². The van der Waals surface area contributed by atoms with Gasteiger partial charge >= 0.3 is 0 Å². The van der Waals surface area contributed by atoms with Crippen LogP contribution in [0.25, 0.3) is 0 Å². The molecule has 0 saturated carbocycles. The number of hydrogen-bond donors (Lipinski definition) is 0. The Labute approximate surface area is 85.3 Å². The number of hydrogen-bond acceptors (Lipinski definition) is 2. The molecule has 1 unspecified atom stereocenters. The van der Waals surface area contributed by atoms with Crippen LogP contribution in [0.3, 0.4) is 0 Å². The van der Waals surface area contributed by atoms with Gasteiger partial charge in [-0.3, -0.25) is 4.99 Å². The lowest BCUT2D eigenvalue weighted by Crippen LogP contribution is -2.24. The highest BCUT2D eigenvalue weighted by Crippen LogP contribution is 2.14. The minimum Gasteiger partial charge on any atom is -0.357 e. The molecule has 0 amide bonds. The summed E-state index contributed by atoms with van der Waals surface area (Å²) in [7, 11) is 2.10. The molecule has 0 saturated heterocycles. The van der Waals surface area contributed by atoms with Crippen LogP contribution < -0.4 is 0 Å². The van der Waals surface area contributed by atoms with Gasteiger partial charge in [0.2, 0.25) is 0 Å². The third kappa shape index (κ3) is 1.65. The third-order valence-electron chi connectivity index (χ3n) is 2.55. The van der Waals surface area contributed by atoms with Gasteiger partial charge in [0, 0.05) is 19.2 Å². The van der Waals surface area contributed by atoms with Crippen LogP contribution in [0.1, 0.15) is 18.1 Å². The molecule has 0 aromatic heterocycles. The van der Waals surface area contributed by atoms with E-state index in [1.54, 1.807) is 0 Å². The third-order valence-corrected chi connectivity index (χ3v) is 2.55. The van der Waals surface area contributed by atoms with Crippen molar-refractivity contribution < 1.29 is 0 Å². The van der Waals surface area contributed by atoms with Crippen molar-refractivity contribution in [3.63, 3.8) is 0 Å². The lowest BCUT2D eigenvalue weighted by molar-refractivity contribution is 0.514. The van der Waals surface area contributed by atoms with Gasteiger partial charge in [0.15, 0.2) is 0 Å². The zero-order valence-corrected chi connectivity index (χ0v) is 8.99. The summed E-state index contributed by atoms with van der Waals surface area (Å²) in [6, 6.07) is 8.98. The molecule has 74 valence electrons. The van der Waals surface area contributed by atoms with Crippen LogP contribution in [-0.2, 0) is 0 Å². The second-order valence-electron chi connectivity index (χ2n) is 4.05. The largest absolute Gasteiger partial charge is 0.357 e. The molecule has 0 N–H and O–H groups in total. The van der Waals surface area contributed by atoms with Gasteiger partial charge in [0.25, 0.3) is 0 Å². The summed E-state index contributed by atoms with van der Waals surface area (Å²) < 4.78 is 0. The highest BCUT2D eigenvalue weighted by molar-refractivity contribution is 5.99. The quantitative estimate of drug-likeness (QED) is 0.658. The number of aryl methyl sites for hydroxylation is 1. The summed E-state index contributed by atoms with van der Waals surface area (Å²) in [6.45, 7) is 5.29. The number of benzene rings is 1. The Morgan fingerprint density at radius 1 is 1.29 bits per heavy atom. The molecule has 1 aliphatic heterocycles. The normalized spacial score (nSPS) is 21.2. The highest BCUT2D eigenvalue weighted by Gasteiger charge is 2.19. The number of amidine groups is 1. The van der Waals surface area contributed by atoms with Crippen molar-refractivity contribution in [3.8, 4) is 0 Å². The number of likely N-dealkylation sites (N-methyl/N-ethyl adjacent to an activating group) is 1. The van der Waals surface area contributed by atoms with Crippen LogP contribution in [0, 0.1) is 6.92 Å². The predicted octanol–water partition coefficient (Wildman–Crippen LogP) is 2.08. The highest BCUT2D eigenvalue weighted by atomic mass is 15.2. The summed E-state index contributed by atoms with van der Waals surface area (Å²) in [6.07, 6.45) is 0. The lowest BCUT2D eigenvalue weighted by Gasteiger charge is -2.13. The van der Waals surface area contributed by atoms with Crippen LogP contribution in [0.5, 0.6) is 0 Å². The monoisotopic (exact) mass is 188 g/mol. The van der Waals surface area contributed by atoms with Crippen molar-refractivity contribution >= 4 is 5.84 Å². The maximum absolute atomic E-state index is 4.61. The fraction of sp³-hybridized carbons (Fsp3) is 0.417. The van der Waals surface area contributed by atoms with Gasteiger partial charge in [0.1, 0.15) is 5.84 Å². The molecule has 0 fully saturated rings. The molecule has 0 aliphatic carbocycles. The van der Waals surface area contributed by atoms with Crippen molar-refractivity contribution in [3.05, 3.63) is 35.4 Å². The standard InChI is InChI=1S/C12H16N2/c1-9-4-6-11(7-5-9)12-13-10(2)8-14(12)3/h4-7,10H,8H2,1-3H3. The molecule has 1 aliphatic rings. The number of nitrogens with zero attached hydrogens (tertiary/aromatic N) is 2. The summed E-state index contributed by atoms with van der Waals surface area (Å²) in [5.41, 5.74) is 2.52. The molecule has 0 radical (unpaired) electrons. The predicted molar refractivity (Wildman–Crippen MR) is 59.8 cm³/mol. The Balaban J connectivity index is 2.31. The van der Waals surface area contributed by atoms with Gasteiger partial charge in [-0.1, -0.05) is 29.8 Å². The maximum atomic E-state index is 4.61. The van der Waals surface area contributed by atoms with E-state index >= 15 is 0 Å². The van der Waals surface area contributed by atoms with Crippen LogP contribution in [0.2, 0.25) is 0 Å². The smallest absolute Gasteiger partial charge is 0.131 e. The van der Waals surface area contributed by atoms with Crippen molar-refractivity contribution in [1.29, 1.82) is 0 Å². The van der Waals surface area contributed by atoms with Crippen LogP contribution in [0.15, 0.2) is 29.3 Å². The molecule has 14 heavy (non-hydrogen) atoms. The van der Waals surface area contributed by atoms with Crippen molar-refractivity contribution in [2.24, 2.45) is 4.99 Å². The van der Waals surface area contributed by atoms with E-state index in [0.717, 1.165) is 12.4 Å². The molecule has 0 bridgehead atoms. The van der Waals surface area contributed by atoms with E-state index in [9.17, 15) is 0 Å². The molecule has 2 heteroatoms. The van der Waals surface area contributed by atoms with Gasteiger partial charge < -0.3 is 4.90 Å². The number of aliphatic imine (C=N–C) groups is 1. The first-order valence-electron chi connectivity index (χ1n) is 5.03. The van der Waals surface area contributed by atoms with E-state index < -0.39 is 0 Å². The van der Waals surface area contributed by atoms with Crippen LogP contribution >= 0.6 is 0 Å². The second-order valence-corrected chi connectivity index (χ2v) is 4.05. The summed E-state index contributed by atoms with van der Waals surface area (Å²) in [5.74, 6) is 1.12. The Morgan fingerprint density at radius 3 is 2.43 bits per heavy atom. The summed E-state index contributed by atoms with van der Waals surface area (Å²) in [5, 5.41) is 0. The molecule has 1 aromatic rings. The van der Waals surface area contributed by atoms with E-state index in [-0.39, 0.29) is 0 Å². The average molecular weight is 188 g/mol. The van der Waals surface area contributed by atoms with Crippen molar-refractivity contribution in [2.45, 2.75) is 19.9 Å². The zero-order valence-electron chi connectivity index (χ0n) is 8.99. The Kier molecular flexibility index (Phi) is 2.28. The van der Waals surface area contributed by atoms with Crippen molar-refractivity contribution in [1.82, 2.24) is 4.90 Å². The Morgan fingerprint density at radius 2 is 1.93 bits per heavy atom. The van der Waals surface area contributed by atoms with Crippen molar-refractivity contribution in [2.75, 3.05) is 13.6 Å². The first kappa shape index (κ1) is 9.25. The second kappa shape index (κ2) is 3.45. The molecular weight excluding hydrogens is 172 g/mol. The molecule has 2 rings (SSSR count). The SMILES string of the molecule is Cc1ccc(C2=NC(C)CN2C)cc1. The van der Waals surface area contributed by atoms with Gasteiger partial charge in [0.05, 0.1) is 6.04 Å². The van der Waals surface area contributed by atoms with E-state index in [1.807, 2.05) is 0 Å². The fourth-order valence-electron chi connectivity index (χ4n) is 1.83. The molecule has 2 nitrogen and oxygen atoms in total. The van der Waals surface area contributed by atoms with Gasteiger partial charge in [-0.25, -0.2) is 0 Å². The average Bonchev–Trinajstić information content (AvgIpc) is 2.47. The van der Waals surface area contributed by atoms with Gasteiger partial charge in [-0.05, 0) is 13.8 Å². The fourth-order valence-corrected chi connectivity index (χ4v) is 1.83. The minimum atomic E-state index is 0.427. The van der Waals surface area contributed by atoms with Crippen LogP contribution in [0.4, 0.5) is 0 Å². The van der Waals surface area contributed by atoms with E-state index in [1.165, 1.54) is 11.1 Å². The topological polar surface area (TPSA) is 15.6 Å². The summed E-state index contributed by atoms with van der Waals surface area (Å²) >= 11 is 0. The lowest BCUT2D eigenvalue weighted by atomic mass is 10.1. The Bertz CT molecular complexity index is 351. The number of rotatable bonds is 1. The molecule has 1 heterocycles. The van der Waals surface area contributed by atoms with E-state index in [2.05, 4.69) is 55.1 Å². The zero-order chi connectivity index (χ0) is 10.1.